The number of carbonyl (C=O) groups excluding carboxylic acids is 1. The van der Waals surface area contributed by atoms with Crippen molar-refractivity contribution in [2.75, 3.05) is 49.3 Å². The van der Waals surface area contributed by atoms with Crippen LogP contribution in [0.4, 0.5) is 11.4 Å². The van der Waals surface area contributed by atoms with E-state index in [1.165, 1.54) is 23.0 Å². The molecule has 0 saturated carbocycles. The zero-order valence-electron chi connectivity index (χ0n) is 18.4. The summed E-state index contributed by atoms with van der Waals surface area (Å²) in [6.45, 7) is 5.12. The Bertz CT molecular complexity index is 1000. The van der Waals surface area contributed by atoms with Gasteiger partial charge in [-0.1, -0.05) is 42.5 Å². The predicted molar refractivity (Wildman–Crippen MR) is 133 cm³/mol. The van der Waals surface area contributed by atoms with Crippen LogP contribution in [0.2, 0.25) is 0 Å². The first-order chi connectivity index (χ1) is 15.7. The maximum atomic E-state index is 12.4. The summed E-state index contributed by atoms with van der Waals surface area (Å²) in [6, 6.07) is 26.5. The fourth-order valence-electron chi connectivity index (χ4n) is 3.84. The number of nitrogens with one attached hydrogen (secondary N) is 1. The first kappa shape index (κ1) is 22.2. The van der Waals surface area contributed by atoms with Crippen molar-refractivity contribution in [2.45, 2.75) is 11.4 Å². The minimum atomic E-state index is -0.0248. The van der Waals surface area contributed by atoms with E-state index < -0.39 is 0 Å². The van der Waals surface area contributed by atoms with Gasteiger partial charge in [-0.05, 0) is 42.0 Å². The fraction of sp³-hybridized carbons (Fsp3) is 0.269. The third-order valence-corrected chi connectivity index (χ3v) is 6.62. The zero-order valence-corrected chi connectivity index (χ0v) is 19.2. The second-order valence-corrected chi connectivity index (χ2v) is 8.80. The standard InChI is InChI=1S/C26H29N3O2S/c1-31-24-9-5-6-10-25(24)32-20-26(30)27-22-11-13-23(14-12-22)29-17-15-28(16-18-29)19-21-7-3-2-4-8-21/h2-14H,15-20H2,1H3,(H,27,30). The van der Waals surface area contributed by atoms with E-state index in [2.05, 4.69) is 57.6 Å². The molecule has 0 aliphatic carbocycles. The van der Waals surface area contributed by atoms with Gasteiger partial charge in [-0.25, -0.2) is 0 Å². The lowest BCUT2D eigenvalue weighted by Crippen LogP contribution is -2.45. The Labute approximate surface area is 194 Å². The first-order valence-electron chi connectivity index (χ1n) is 10.9. The van der Waals surface area contributed by atoms with E-state index in [1.807, 2.05) is 36.4 Å². The van der Waals surface area contributed by atoms with Gasteiger partial charge in [0, 0.05) is 49.0 Å². The van der Waals surface area contributed by atoms with Crippen molar-refractivity contribution >= 4 is 29.0 Å². The number of anilines is 2. The Morgan fingerprint density at radius 1 is 0.906 bits per heavy atom. The number of rotatable bonds is 8. The van der Waals surface area contributed by atoms with E-state index in [-0.39, 0.29) is 5.91 Å². The lowest BCUT2D eigenvalue weighted by molar-refractivity contribution is -0.113. The number of thioether (sulfide) groups is 1. The number of piperazine rings is 1. The Balaban J connectivity index is 1.24. The molecule has 5 nitrogen and oxygen atoms in total. The van der Waals surface area contributed by atoms with Gasteiger partial charge in [-0.3, -0.25) is 9.69 Å². The van der Waals surface area contributed by atoms with Gasteiger partial charge in [-0.15, -0.1) is 11.8 Å². The number of hydrogen-bond acceptors (Lipinski definition) is 5. The molecule has 6 heteroatoms. The molecule has 1 fully saturated rings. The number of hydrogen-bond donors (Lipinski definition) is 1. The highest BCUT2D eigenvalue weighted by Crippen LogP contribution is 2.28. The van der Waals surface area contributed by atoms with Crippen molar-refractivity contribution in [2.24, 2.45) is 0 Å². The zero-order chi connectivity index (χ0) is 22.2. The minimum absolute atomic E-state index is 0.0248. The molecule has 0 bridgehead atoms. The van der Waals surface area contributed by atoms with Crippen LogP contribution in [0.15, 0.2) is 83.8 Å². The van der Waals surface area contributed by atoms with Crippen LogP contribution in [0.3, 0.4) is 0 Å². The Hall–Kier alpha value is -2.96. The van der Waals surface area contributed by atoms with Crippen LogP contribution in [-0.4, -0.2) is 49.8 Å². The molecule has 1 aliphatic rings. The number of nitrogens with zero attached hydrogens (tertiary/aromatic N) is 2. The van der Waals surface area contributed by atoms with Crippen molar-refractivity contribution in [3.63, 3.8) is 0 Å². The van der Waals surface area contributed by atoms with E-state index in [0.717, 1.165) is 49.1 Å². The molecule has 32 heavy (non-hydrogen) atoms. The molecule has 3 aromatic rings. The molecular formula is C26H29N3O2S. The summed E-state index contributed by atoms with van der Waals surface area (Å²) in [4.78, 5) is 18.2. The maximum Gasteiger partial charge on any atom is 0.234 e. The third kappa shape index (κ3) is 6.05. The molecule has 4 rings (SSSR count). The Morgan fingerprint density at radius 2 is 1.59 bits per heavy atom. The van der Waals surface area contributed by atoms with Crippen molar-refractivity contribution < 1.29 is 9.53 Å². The van der Waals surface area contributed by atoms with Gasteiger partial charge in [0.15, 0.2) is 0 Å². The van der Waals surface area contributed by atoms with Crippen LogP contribution in [-0.2, 0) is 11.3 Å². The molecule has 1 saturated heterocycles. The predicted octanol–water partition coefficient (Wildman–Crippen LogP) is 4.75. The molecule has 1 heterocycles. The second-order valence-electron chi connectivity index (χ2n) is 7.78. The van der Waals surface area contributed by atoms with E-state index in [1.54, 1.807) is 7.11 Å². The van der Waals surface area contributed by atoms with Crippen LogP contribution in [0, 0.1) is 0 Å². The first-order valence-corrected chi connectivity index (χ1v) is 11.9. The van der Waals surface area contributed by atoms with Gasteiger partial charge < -0.3 is 15.0 Å². The normalized spacial score (nSPS) is 14.2. The number of methoxy groups -OCH3 is 1. The number of benzene rings is 3. The molecule has 3 aromatic carbocycles. The maximum absolute atomic E-state index is 12.4. The van der Waals surface area contributed by atoms with Gasteiger partial charge in [0.05, 0.1) is 12.9 Å². The summed E-state index contributed by atoms with van der Waals surface area (Å²) in [6.07, 6.45) is 0. The molecule has 0 radical (unpaired) electrons. The quantitative estimate of drug-likeness (QED) is 0.505. The van der Waals surface area contributed by atoms with Gasteiger partial charge >= 0.3 is 0 Å². The SMILES string of the molecule is COc1ccccc1SCC(=O)Nc1ccc(N2CCN(Cc3ccccc3)CC2)cc1. The largest absolute Gasteiger partial charge is 0.496 e. The molecule has 0 aromatic heterocycles. The molecule has 1 amide bonds. The molecule has 166 valence electrons. The van der Waals surface area contributed by atoms with E-state index in [4.69, 9.17) is 4.74 Å². The summed E-state index contributed by atoms with van der Waals surface area (Å²) in [5.41, 5.74) is 3.39. The highest BCUT2D eigenvalue weighted by Gasteiger charge is 2.17. The van der Waals surface area contributed by atoms with Crippen molar-refractivity contribution in [1.82, 2.24) is 4.90 Å². The Kier molecular flexibility index (Phi) is 7.69. The average molecular weight is 448 g/mol. The molecule has 1 N–H and O–H groups in total. The van der Waals surface area contributed by atoms with E-state index >= 15 is 0 Å². The van der Waals surface area contributed by atoms with Crippen LogP contribution in [0.1, 0.15) is 5.56 Å². The van der Waals surface area contributed by atoms with E-state index in [9.17, 15) is 4.79 Å². The number of carbonyl (C=O) groups is 1. The Morgan fingerprint density at radius 3 is 2.31 bits per heavy atom. The van der Waals surface area contributed by atoms with Gasteiger partial charge in [0.25, 0.3) is 0 Å². The number of amides is 1. The summed E-state index contributed by atoms with van der Waals surface area (Å²) >= 11 is 1.48. The summed E-state index contributed by atoms with van der Waals surface area (Å²) in [5, 5.41) is 2.99. The summed E-state index contributed by atoms with van der Waals surface area (Å²) in [5.74, 6) is 1.10. The van der Waals surface area contributed by atoms with Crippen molar-refractivity contribution in [3.05, 3.63) is 84.4 Å². The van der Waals surface area contributed by atoms with Gasteiger partial charge in [-0.2, -0.15) is 0 Å². The monoisotopic (exact) mass is 447 g/mol. The fourth-order valence-corrected chi connectivity index (χ4v) is 4.67. The second kappa shape index (κ2) is 11.1. The molecule has 0 unspecified atom stereocenters. The summed E-state index contributed by atoms with van der Waals surface area (Å²) < 4.78 is 5.34. The van der Waals surface area contributed by atoms with Crippen molar-refractivity contribution in [1.29, 1.82) is 0 Å². The van der Waals surface area contributed by atoms with Crippen LogP contribution in [0.5, 0.6) is 5.75 Å². The van der Waals surface area contributed by atoms with Crippen LogP contribution < -0.4 is 15.0 Å². The number of para-hydroxylation sites is 1. The highest BCUT2D eigenvalue weighted by molar-refractivity contribution is 8.00. The molecule has 0 atom stereocenters. The molecule has 0 spiro atoms. The minimum Gasteiger partial charge on any atom is -0.496 e. The topological polar surface area (TPSA) is 44.8 Å². The van der Waals surface area contributed by atoms with Gasteiger partial charge in [0.2, 0.25) is 5.91 Å². The number of ether oxygens (including phenoxy) is 1. The molecular weight excluding hydrogens is 418 g/mol. The lowest BCUT2D eigenvalue weighted by Gasteiger charge is -2.36. The third-order valence-electron chi connectivity index (χ3n) is 5.57. The van der Waals surface area contributed by atoms with Crippen LogP contribution in [0.25, 0.3) is 0 Å². The van der Waals surface area contributed by atoms with Crippen LogP contribution >= 0.6 is 11.8 Å². The molecule has 1 aliphatic heterocycles. The summed E-state index contributed by atoms with van der Waals surface area (Å²) in [7, 11) is 1.64. The van der Waals surface area contributed by atoms with E-state index in [0.29, 0.717) is 5.75 Å². The van der Waals surface area contributed by atoms with Gasteiger partial charge in [0.1, 0.15) is 5.75 Å². The highest BCUT2D eigenvalue weighted by atomic mass is 32.2. The smallest absolute Gasteiger partial charge is 0.234 e. The van der Waals surface area contributed by atoms with Crippen molar-refractivity contribution in [3.8, 4) is 5.75 Å². The lowest BCUT2D eigenvalue weighted by atomic mass is 10.2. The average Bonchev–Trinajstić information content (AvgIpc) is 2.84.